The maximum Gasteiger partial charge on any atom is 0.433 e. The Hall–Kier alpha value is -2.42. The smallest absolute Gasteiger partial charge is 0.383 e. The molecule has 10 heteroatoms. The van der Waals surface area contributed by atoms with Crippen LogP contribution < -0.4 is 5.73 Å². The number of H-pyrrole nitrogens is 1. The van der Waals surface area contributed by atoms with E-state index in [0.717, 1.165) is 6.07 Å². The fourth-order valence-corrected chi connectivity index (χ4v) is 2.22. The summed E-state index contributed by atoms with van der Waals surface area (Å²) < 4.78 is 39.1. The molecule has 0 fully saturated rings. The molecule has 0 aliphatic rings. The molecule has 3 rings (SSSR count). The molecule has 3 heterocycles. The summed E-state index contributed by atoms with van der Waals surface area (Å²) in [5.41, 5.74) is 4.96. The van der Waals surface area contributed by atoms with E-state index in [9.17, 15) is 13.2 Å². The van der Waals surface area contributed by atoms with Gasteiger partial charge in [0.15, 0.2) is 5.65 Å². The monoisotopic (exact) mass is 328 g/mol. The molecule has 0 aromatic carbocycles. The van der Waals surface area contributed by atoms with Gasteiger partial charge in [-0.05, 0) is 24.6 Å². The van der Waals surface area contributed by atoms with Crippen LogP contribution in [0.15, 0.2) is 12.3 Å². The van der Waals surface area contributed by atoms with Crippen LogP contribution in [0.4, 0.5) is 19.0 Å². The molecule has 0 radical (unpaired) electrons. The molecule has 0 bridgehead atoms. The summed E-state index contributed by atoms with van der Waals surface area (Å²) in [5, 5.41) is -0.0929. The van der Waals surface area contributed by atoms with E-state index >= 15 is 0 Å². The molecule has 6 nitrogen and oxygen atoms in total. The van der Waals surface area contributed by atoms with Crippen LogP contribution in [-0.2, 0) is 6.18 Å². The second kappa shape index (κ2) is 4.80. The quantitative estimate of drug-likeness (QED) is 0.670. The maximum atomic E-state index is 13.0. The number of nitrogens with two attached hydrogens (primary N) is 1. The van der Waals surface area contributed by atoms with Crippen LogP contribution in [0.1, 0.15) is 11.5 Å². The van der Waals surface area contributed by atoms with Gasteiger partial charge in [-0.25, -0.2) is 15.0 Å². The summed E-state index contributed by atoms with van der Waals surface area (Å²) in [6.07, 6.45) is -3.23. The minimum atomic E-state index is -4.63. The third-order valence-corrected chi connectivity index (χ3v) is 3.12. The lowest BCUT2D eigenvalue weighted by molar-refractivity contribution is -0.140. The third kappa shape index (κ3) is 2.43. The van der Waals surface area contributed by atoms with Gasteiger partial charge in [0.25, 0.3) is 0 Å². The summed E-state index contributed by atoms with van der Waals surface area (Å²) in [6.45, 7) is 1.67. The topological polar surface area (TPSA) is 93.4 Å². The van der Waals surface area contributed by atoms with Gasteiger partial charge in [0, 0.05) is 5.56 Å². The highest BCUT2D eigenvalue weighted by Gasteiger charge is 2.34. The van der Waals surface area contributed by atoms with Gasteiger partial charge in [-0.1, -0.05) is 0 Å². The van der Waals surface area contributed by atoms with Crippen LogP contribution in [-0.4, -0.2) is 24.9 Å². The van der Waals surface area contributed by atoms with Gasteiger partial charge in [0.1, 0.15) is 17.3 Å². The Morgan fingerprint density at radius 3 is 2.55 bits per heavy atom. The van der Waals surface area contributed by atoms with E-state index < -0.39 is 11.9 Å². The Kier molecular flexibility index (Phi) is 3.17. The summed E-state index contributed by atoms with van der Waals surface area (Å²) in [5.74, 6) is 0.487. The van der Waals surface area contributed by atoms with Gasteiger partial charge in [0.2, 0.25) is 5.28 Å². The van der Waals surface area contributed by atoms with E-state index in [1.165, 1.54) is 6.20 Å². The Bertz CT molecular complexity index is 873. The number of anilines is 1. The van der Waals surface area contributed by atoms with Crippen molar-refractivity contribution in [2.75, 3.05) is 5.73 Å². The average molecular weight is 329 g/mol. The Morgan fingerprint density at radius 1 is 1.23 bits per heavy atom. The number of aryl methyl sites for hydroxylation is 1. The number of rotatable bonds is 1. The van der Waals surface area contributed by atoms with Gasteiger partial charge in [0.05, 0.1) is 17.3 Å². The van der Waals surface area contributed by atoms with Crippen molar-refractivity contribution < 1.29 is 13.2 Å². The van der Waals surface area contributed by atoms with Crippen molar-refractivity contribution in [1.82, 2.24) is 24.9 Å². The van der Waals surface area contributed by atoms with Gasteiger partial charge >= 0.3 is 6.18 Å². The van der Waals surface area contributed by atoms with Crippen molar-refractivity contribution in [2.24, 2.45) is 0 Å². The zero-order valence-corrected chi connectivity index (χ0v) is 11.8. The predicted molar refractivity (Wildman–Crippen MR) is 74.1 cm³/mol. The normalized spacial score (nSPS) is 12.0. The largest absolute Gasteiger partial charge is 0.433 e. The van der Waals surface area contributed by atoms with Crippen LogP contribution in [0.5, 0.6) is 0 Å². The van der Waals surface area contributed by atoms with Crippen LogP contribution in [0, 0.1) is 6.92 Å². The third-order valence-electron chi connectivity index (χ3n) is 2.95. The number of nitrogens with one attached hydrogen (secondary N) is 1. The number of fused-ring (bicyclic) bond motifs is 1. The zero-order valence-electron chi connectivity index (χ0n) is 11.0. The lowest BCUT2D eigenvalue weighted by Gasteiger charge is -2.11. The van der Waals surface area contributed by atoms with Crippen LogP contribution in [0.3, 0.4) is 0 Å². The van der Waals surface area contributed by atoms with Crippen molar-refractivity contribution in [3.05, 3.63) is 29.1 Å². The number of pyridine rings is 1. The number of alkyl halides is 3. The molecule has 0 atom stereocenters. The second-order valence-electron chi connectivity index (χ2n) is 4.51. The summed E-state index contributed by atoms with van der Waals surface area (Å²) >= 11 is 5.65. The molecular weight excluding hydrogens is 321 g/mol. The van der Waals surface area contributed by atoms with E-state index in [2.05, 4.69) is 24.9 Å². The molecule has 0 aliphatic heterocycles. The molecule has 114 valence electrons. The highest BCUT2D eigenvalue weighted by atomic mass is 35.5. The number of aromatic nitrogens is 5. The molecule has 0 aliphatic carbocycles. The number of nitrogens with zero attached hydrogens (tertiary/aromatic N) is 4. The first kappa shape index (κ1) is 14.5. The summed E-state index contributed by atoms with van der Waals surface area (Å²) in [7, 11) is 0. The Morgan fingerprint density at radius 2 is 1.95 bits per heavy atom. The molecule has 22 heavy (non-hydrogen) atoms. The van der Waals surface area contributed by atoms with Crippen molar-refractivity contribution in [3.63, 3.8) is 0 Å². The van der Waals surface area contributed by atoms with Crippen molar-refractivity contribution >= 4 is 28.5 Å². The first-order valence-electron chi connectivity index (χ1n) is 5.98. The lowest BCUT2D eigenvalue weighted by Crippen LogP contribution is -2.10. The lowest BCUT2D eigenvalue weighted by atomic mass is 10.1. The summed E-state index contributed by atoms with van der Waals surface area (Å²) in [4.78, 5) is 17.8. The fourth-order valence-electron chi connectivity index (χ4n) is 2.05. The van der Waals surface area contributed by atoms with Crippen molar-refractivity contribution in [3.8, 4) is 11.3 Å². The SMILES string of the molecule is Cc1ncc(-c2cc(C(F)(F)F)nc3nc(Cl)nc(N)c23)[nH]1. The number of imidazole rings is 1. The molecule has 0 spiro atoms. The second-order valence-corrected chi connectivity index (χ2v) is 4.85. The average Bonchev–Trinajstić information content (AvgIpc) is 2.82. The van der Waals surface area contributed by atoms with Crippen LogP contribution in [0.2, 0.25) is 5.28 Å². The molecule has 0 saturated carbocycles. The number of hydrogen-bond donors (Lipinski definition) is 2. The van der Waals surface area contributed by atoms with Crippen LogP contribution >= 0.6 is 11.6 Å². The highest BCUT2D eigenvalue weighted by molar-refractivity contribution is 6.28. The van der Waals surface area contributed by atoms with E-state index in [1.807, 2.05) is 0 Å². The van der Waals surface area contributed by atoms with Crippen molar-refractivity contribution in [1.29, 1.82) is 0 Å². The van der Waals surface area contributed by atoms with Gasteiger partial charge < -0.3 is 10.7 Å². The maximum absolute atomic E-state index is 13.0. The first-order chi connectivity index (χ1) is 10.3. The number of halogens is 4. The van der Waals surface area contributed by atoms with Gasteiger partial charge in [-0.3, -0.25) is 0 Å². The van der Waals surface area contributed by atoms with Gasteiger partial charge in [-0.15, -0.1) is 0 Å². The molecular formula is C12H8ClF3N6. The van der Waals surface area contributed by atoms with E-state index in [-0.39, 0.29) is 27.7 Å². The van der Waals surface area contributed by atoms with Crippen molar-refractivity contribution in [2.45, 2.75) is 13.1 Å². The predicted octanol–water partition coefficient (Wildman–Crippen LogP) is 2.98. The molecule has 3 aromatic heterocycles. The van der Waals surface area contributed by atoms with E-state index in [1.54, 1.807) is 6.92 Å². The van der Waals surface area contributed by atoms with Gasteiger partial charge in [-0.2, -0.15) is 18.2 Å². The molecule has 3 aromatic rings. The number of nitrogen functional groups attached to an aromatic ring is 1. The molecule has 3 N–H and O–H groups in total. The summed E-state index contributed by atoms with van der Waals surface area (Å²) in [6, 6.07) is 0.878. The standard InChI is InChI=1S/C12H8ClF3N6/c1-4-18-3-6(19-4)5-2-7(12(14,15)16)20-10-8(5)9(17)21-11(13)22-10/h2-3H,1H3,(H,18,19)(H2,17,20,21,22). The fraction of sp³-hybridized carbons (Fsp3) is 0.167. The Labute approximate surface area is 126 Å². The Balaban J connectivity index is 2.41. The molecule has 0 saturated heterocycles. The highest BCUT2D eigenvalue weighted by Crippen LogP contribution is 2.36. The molecule has 0 amide bonds. The number of aromatic amines is 1. The van der Waals surface area contributed by atoms with E-state index in [4.69, 9.17) is 17.3 Å². The zero-order chi connectivity index (χ0) is 16.1. The molecule has 0 unspecified atom stereocenters. The van der Waals surface area contributed by atoms with E-state index in [0.29, 0.717) is 11.5 Å². The number of hydrogen-bond acceptors (Lipinski definition) is 5. The minimum absolute atomic E-state index is 0.0570. The first-order valence-corrected chi connectivity index (χ1v) is 6.36. The minimum Gasteiger partial charge on any atom is -0.383 e. The van der Waals surface area contributed by atoms with Crippen LogP contribution in [0.25, 0.3) is 22.3 Å².